The summed E-state index contributed by atoms with van der Waals surface area (Å²) in [5.74, 6) is 3.11. The van der Waals surface area contributed by atoms with Crippen LogP contribution in [0.15, 0.2) is 24.3 Å². The molecule has 0 amide bonds. The van der Waals surface area contributed by atoms with Crippen molar-refractivity contribution in [3.63, 3.8) is 0 Å². The van der Waals surface area contributed by atoms with Gasteiger partial charge in [0.1, 0.15) is 0 Å². The molecule has 2 rings (SSSR count). The molecule has 0 aliphatic carbocycles. The van der Waals surface area contributed by atoms with Crippen molar-refractivity contribution in [2.75, 3.05) is 43.9 Å². The van der Waals surface area contributed by atoms with Crippen LogP contribution >= 0.6 is 0 Å². The molecule has 236 valence electrons. The largest absolute Gasteiger partial charge is 2.00 e. The Kier molecular flexibility index (Phi) is 20.0. The first kappa shape index (κ1) is 42.2. The molecule has 41 heavy (non-hydrogen) atoms. The molecule has 2 aromatic carbocycles. The van der Waals surface area contributed by atoms with Crippen LogP contribution in [0.5, 0.6) is 0 Å². The molecule has 0 fully saturated rings. The minimum atomic E-state index is 0. The maximum Gasteiger partial charge on any atom is 2.00 e. The summed E-state index contributed by atoms with van der Waals surface area (Å²) in [7, 11) is 2.24. The van der Waals surface area contributed by atoms with E-state index >= 15 is 0 Å². The van der Waals surface area contributed by atoms with Crippen molar-refractivity contribution in [2.45, 2.75) is 119 Å². The van der Waals surface area contributed by atoms with Gasteiger partial charge in [0.2, 0.25) is 0 Å². The summed E-state index contributed by atoms with van der Waals surface area (Å²) in [4.78, 5) is 2.44. The van der Waals surface area contributed by atoms with Gasteiger partial charge in [0.15, 0.2) is 0 Å². The summed E-state index contributed by atoms with van der Waals surface area (Å²) < 4.78 is 0. The van der Waals surface area contributed by atoms with E-state index in [0.29, 0.717) is 35.5 Å². The van der Waals surface area contributed by atoms with E-state index in [1.165, 1.54) is 44.8 Å². The summed E-state index contributed by atoms with van der Waals surface area (Å²) in [6, 6.07) is 9.72. The Morgan fingerprint density at radius 2 is 0.732 bits per heavy atom. The molecule has 2 N–H and O–H groups in total. The maximum absolute atomic E-state index is 3.85. The molecular weight excluding hydrogens is 589 g/mol. The summed E-state index contributed by atoms with van der Waals surface area (Å²) >= 11 is 0. The molecule has 2 aromatic rings. The molecule has 0 bridgehead atoms. The zero-order valence-corrected chi connectivity index (χ0v) is 30.8. The molecule has 0 radical (unpaired) electrons. The van der Waals surface area contributed by atoms with Gasteiger partial charge in [-0.2, -0.15) is 0 Å². The van der Waals surface area contributed by atoms with E-state index in [0.717, 1.165) is 26.2 Å². The second-order valence-electron chi connectivity index (χ2n) is 13.2. The Hall–Kier alpha value is -0.901. The third-order valence-corrected chi connectivity index (χ3v) is 7.86. The molecule has 0 saturated heterocycles. The zero-order chi connectivity index (χ0) is 28.7. The first-order valence-electron chi connectivity index (χ1n) is 15.3. The molecule has 0 spiro atoms. The van der Waals surface area contributed by atoms with Gasteiger partial charge in [-0.25, -0.2) is 0 Å². The first-order valence-corrected chi connectivity index (χ1v) is 15.3. The number of hydrogen-bond donors (Lipinski definition) is 2. The summed E-state index contributed by atoms with van der Waals surface area (Å²) in [6.45, 7) is 31.7. The molecule has 0 unspecified atom stereocenters. The Bertz CT molecular complexity index is 893. The number of likely N-dealkylation sites (N-methyl/N-ethyl adjacent to an activating group) is 1. The normalized spacial score (nSPS) is 11.4. The van der Waals surface area contributed by atoms with Crippen molar-refractivity contribution in [3.8, 4) is 0 Å². The predicted octanol–water partition coefficient (Wildman–Crippen LogP) is 3.89. The van der Waals surface area contributed by atoms with Gasteiger partial charge in [0.25, 0.3) is 0 Å². The van der Waals surface area contributed by atoms with E-state index in [-0.39, 0.29) is 41.9 Å². The average molecular weight is 649 g/mol. The van der Waals surface area contributed by atoms with Crippen molar-refractivity contribution >= 4 is 11.4 Å². The van der Waals surface area contributed by atoms with Crippen LogP contribution in [0.25, 0.3) is 0 Å². The van der Waals surface area contributed by atoms with Crippen molar-refractivity contribution in [2.24, 2.45) is 0 Å². The minimum absolute atomic E-state index is 0. The van der Waals surface area contributed by atoms with E-state index < -0.39 is 0 Å². The van der Waals surface area contributed by atoms with Crippen LogP contribution in [-0.4, -0.2) is 38.1 Å². The van der Waals surface area contributed by atoms with E-state index in [1.54, 1.807) is 0 Å². The van der Waals surface area contributed by atoms with Gasteiger partial charge in [-0.15, -0.1) is 0 Å². The van der Waals surface area contributed by atoms with E-state index in [9.17, 15) is 0 Å². The number of halogens is 2. The fraction of sp³-hybridized carbons (Fsp3) is 0.657. The summed E-state index contributed by atoms with van der Waals surface area (Å²) in [6.07, 6.45) is 0. The monoisotopic (exact) mass is 647 g/mol. The van der Waals surface area contributed by atoms with E-state index in [4.69, 9.17) is 0 Å². The average Bonchev–Trinajstić information content (AvgIpc) is 2.82. The Labute approximate surface area is 277 Å². The molecule has 0 aromatic heterocycles. The van der Waals surface area contributed by atoms with Crippen LogP contribution in [0.3, 0.4) is 0 Å². The Morgan fingerprint density at radius 3 is 0.927 bits per heavy atom. The van der Waals surface area contributed by atoms with Crippen LogP contribution < -0.4 is 35.4 Å². The fourth-order valence-electron chi connectivity index (χ4n) is 5.18. The zero-order valence-electron chi connectivity index (χ0n) is 28.2. The number of rotatable bonds is 14. The molecule has 0 saturated carbocycles. The third kappa shape index (κ3) is 12.0. The number of nitrogens with zero attached hydrogens (tertiary/aromatic N) is 1. The van der Waals surface area contributed by atoms with Crippen molar-refractivity contribution < 1.29 is 41.9 Å². The van der Waals surface area contributed by atoms with E-state index in [2.05, 4.69) is 130 Å². The molecule has 3 nitrogen and oxygen atoms in total. The topological polar surface area (TPSA) is 27.3 Å². The smallest absolute Gasteiger partial charge is 1.00 e. The molecule has 6 heteroatoms. The van der Waals surface area contributed by atoms with Gasteiger partial charge < -0.3 is 40.3 Å². The quantitative estimate of drug-likeness (QED) is 0.305. The fourth-order valence-corrected chi connectivity index (χ4v) is 5.18. The number of anilines is 2. The minimum Gasteiger partial charge on any atom is -1.00 e. The number of hydrogen-bond acceptors (Lipinski definition) is 3. The van der Waals surface area contributed by atoms with Crippen molar-refractivity contribution in [3.05, 3.63) is 57.6 Å². The molecular formula is C35H59Cl2FeN3. The van der Waals surface area contributed by atoms with Crippen molar-refractivity contribution in [1.29, 1.82) is 0 Å². The molecule has 0 heterocycles. The van der Waals surface area contributed by atoms with Gasteiger partial charge in [0.05, 0.1) is 0 Å². The Morgan fingerprint density at radius 1 is 0.488 bits per heavy atom. The van der Waals surface area contributed by atoms with Crippen LogP contribution in [0.4, 0.5) is 11.4 Å². The van der Waals surface area contributed by atoms with Crippen molar-refractivity contribution in [1.82, 2.24) is 4.90 Å². The van der Waals surface area contributed by atoms with Crippen LogP contribution in [0.1, 0.15) is 152 Å². The Balaban J connectivity index is 0. The second-order valence-corrected chi connectivity index (χ2v) is 13.2. The SMILES string of the molecule is CC(C)c1cc(C(C)C)c(NCCN(C)CCNc2c(C(C)C)cc(C(C)C)cc2C(C)C)c(C(C)C)c1.[Cl-].[Cl-].[Fe+2]. The van der Waals surface area contributed by atoms with Crippen LogP contribution in [0.2, 0.25) is 0 Å². The molecule has 0 atom stereocenters. The standard InChI is InChI=1S/C35H59N3.2ClH.Fe/c1-22(2)28-18-30(24(5)6)34(31(19-28)25(7)8)36-14-16-38(13)17-15-37-35-32(26(9)10)20-29(23(3)4)21-33(35)27(11)12;;;/h18-27,36-37H,14-17H2,1-13H3;2*1H;/q;;;+2/p-2. The second kappa shape index (κ2) is 19.4. The van der Waals surface area contributed by atoms with Gasteiger partial charge in [-0.1, -0.05) is 107 Å². The number of nitrogens with one attached hydrogen (secondary N) is 2. The third-order valence-electron chi connectivity index (χ3n) is 7.86. The van der Waals surface area contributed by atoms with Crippen LogP contribution in [-0.2, 0) is 17.1 Å². The predicted molar refractivity (Wildman–Crippen MR) is 172 cm³/mol. The maximum atomic E-state index is 3.85. The van der Waals surface area contributed by atoms with Gasteiger partial charge in [-0.3, -0.25) is 0 Å². The first-order chi connectivity index (χ1) is 17.7. The summed E-state index contributed by atoms with van der Waals surface area (Å²) in [5.41, 5.74) is 11.4. The van der Waals surface area contributed by atoms with E-state index in [1.807, 2.05) is 0 Å². The molecule has 0 aliphatic rings. The van der Waals surface area contributed by atoms with Crippen LogP contribution in [0, 0.1) is 0 Å². The van der Waals surface area contributed by atoms with Gasteiger partial charge in [-0.05, 0) is 75.9 Å². The number of benzene rings is 2. The van der Waals surface area contributed by atoms with Gasteiger partial charge >= 0.3 is 17.1 Å². The van der Waals surface area contributed by atoms with Gasteiger partial charge in [0, 0.05) is 37.6 Å². The summed E-state index contributed by atoms with van der Waals surface area (Å²) in [5, 5.41) is 7.71. The molecule has 0 aliphatic heterocycles.